The molecule has 0 aliphatic heterocycles. The van der Waals surface area contributed by atoms with Crippen molar-refractivity contribution in [1.29, 1.82) is 0 Å². The van der Waals surface area contributed by atoms with E-state index in [-0.39, 0.29) is 17.4 Å². The van der Waals surface area contributed by atoms with Gasteiger partial charge in [-0.1, -0.05) is 13.8 Å². The molecule has 2 heteroatoms. The van der Waals surface area contributed by atoms with Crippen LogP contribution in [0, 0.1) is 29.1 Å². The Bertz CT molecular complexity index is 312. The number of ketones is 1. The van der Waals surface area contributed by atoms with E-state index in [4.69, 9.17) is 0 Å². The first-order valence-electron chi connectivity index (χ1n) is 6.22. The van der Waals surface area contributed by atoms with Crippen LogP contribution in [0.5, 0.6) is 0 Å². The molecule has 3 aliphatic rings. The van der Waals surface area contributed by atoms with Crippen LogP contribution < -0.4 is 0 Å². The molecule has 0 aromatic heterocycles. The lowest BCUT2D eigenvalue weighted by Crippen LogP contribution is -2.34. The molecule has 15 heavy (non-hydrogen) atoms. The number of hydrogen-bond donors (Lipinski definition) is 1. The third-order valence-corrected chi connectivity index (χ3v) is 5.30. The van der Waals surface area contributed by atoms with Crippen molar-refractivity contribution < 1.29 is 9.90 Å². The predicted molar refractivity (Wildman–Crippen MR) is 57.2 cm³/mol. The second-order valence-corrected chi connectivity index (χ2v) is 6.41. The van der Waals surface area contributed by atoms with E-state index >= 15 is 0 Å². The molecule has 3 fully saturated rings. The number of aliphatic hydroxyl groups excluding tert-OH is 1. The minimum Gasteiger partial charge on any atom is -0.393 e. The smallest absolute Gasteiger partial charge is 0.137 e. The predicted octanol–water partition coefficient (Wildman–Crippen LogP) is 2.01. The van der Waals surface area contributed by atoms with Gasteiger partial charge >= 0.3 is 0 Å². The van der Waals surface area contributed by atoms with Crippen molar-refractivity contribution in [1.82, 2.24) is 0 Å². The largest absolute Gasteiger partial charge is 0.393 e. The molecule has 3 rings (SSSR count). The highest BCUT2D eigenvalue weighted by atomic mass is 16.3. The molecule has 1 N–H and O–H groups in total. The van der Waals surface area contributed by atoms with E-state index in [9.17, 15) is 9.90 Å². The summed E-state index contributed by atoms with van der Waals surface area (Å²) in [6, 6.07) is 0. The summed E-state index contributed by atoms with van der Waals surface area (Å²) >= 11 is 0. The molecule has 0 aromatic rings. The Morgan fingerprint density at radius 2 is 2.13 bits per heavy atom. The molecule has 0 radical (unpaired) electrons. The highest BCUT2D eigenvalue weighted by Gasteiger charge is 2.61. The van der Waals surface area contributed by atoms with Gasteiger partial charge in [0.25, 0.3) is 0 Å². The zero-order valence-corrected chi connectivity index (χ0v) is 9.57. The van der Waals surface area contributed by atoms with Gasteiger partial charge in [-0.3, -0.25) is 4.79 Å². The first kappa shape index (κ1) is 9.83. The van der Waals surface area contributed by atoms with E-state index in [1.165, 1.54) is 6.42 Å². The van der Waals surface area contributed by atoms with E-state index in [0.717, 1.165) is 19.3 Å². The topological polar surface area (TPSA) is 37.3 Å². The van der Waals surface area contributed by atoms with Crippen molar-refractivity contribution in [2.24, 2.45) is 29.1 Å². The van der Waals surface area contributed by atoms with Gasteiger partial charge in [0.2, 0.25) is 0 Å². The van der Waals surface area contributed by atoms with Crippen molar-refractivity contribution in [3.05, 3.63) is 0 Å². The number of carbonyl (C=O) groups is 1. The number of aliphatic hydroxyl groups is 1. The molecule has 3 saturated carbocycles. The van der Waals surface area contributed by atoms with Gasteiger partial charge in [-0.05, 0) is 42.4 Å². The van der Waals surface area contributed by atoms with Crippen molar-refractivity contribution in [2.45, 2.75) is 45.6 Å². The fraction of sp³-hybridized carbons (Fsp3) is 0.923. The van der Waals surface area contributed by atoms with Gasteiger partial charge in [-0.15, -0.1) is 0 Å². The Kier molecular flexibility index (Phi) is 1.87. The summed E-state index contributed by atoms with van der Waals surface area (Å²) in [5.74, 6) is 2.38. The van der Waals surface area contributed by atoms with E-state index < -0.39 is 0 Å². The van der Waals surface area contributed by atoms with Crippen LogP contribution in [0.25, 0.3) is 0 Å². The quantitative estimate of drug-likeness (QED) is 0.661. The second kappa shape index (κ2) is 2.85. The Hall–Kier alpha value is -0.370. The monoisotopic (exact) mass is 208 g/mol. The molecule has 2 nitrogen and oxygen atoms in total. The first-order valence-corrected chi connectivity index (χ1v) is 6.22. The third-order valence-electron chi connectivity index (χ3n) is 5.30. The molecular formula is C13H20O2. The summed E-state index contributed by atoms with van der Waals surface area (Å²) in [5.41, 5.74) is 0.120. The molecule has 0 aromatic carbocycles. The standard InChI is InChI=1S/C13H20O2/c1-7-3-9-8-4-10(14)12(9)13(2,5-8)6-11(7)15/h7-9,11-12,15H,3-6H2,1-2H3/t7-,8+,9+,11-,12-,13-/m0/s1. The number of carbonyl (C=O) groups excluding carboxylic acids is 1. The third kappa shape index (κ3) is 1.17. The molecular weight excluding hydrogens is 188 g/mol. The molecule has 0 unspecified atom stereocenters. The van der Waals surface area contributed by atoms with Crippen molar-refractivity contribution in [3.63, 3.8) is 0 Å². The molecule has 3 aliphatic carbocycles. The van der Waals surface area contributed by atoms with E-state index in [1.807, 2.05) is 0 Å². The summed E-state index contributed by atoms with van der Waals surface area (Å²) in [7, 11) is 0. The van der Waals surface area contributed by atoms with Crippen LogP contribution >= 0.6 is 0 Å². The maximum Gasteiger partial charge on any atom is 0.137 e. The van der Waals surface area contributed by atoms with Crippen LogP contribution in [0.2, 0.25) is 0 Å². The minimum absolute atomic E-state index is 0.120. The van der Waals surface area contributed by atoms with E-state index in [0.29, 0.717) is 23.5 Å². The van der Waals surface area contributed by atoms with Crippen molar-refractivity contribution in [2.75, 3.05) is 0 Å². The lowest BCUT2D eigenvalue weighted by atomic mass is 9.70. The SMILES string of the molecule is C[C@H]1C[C@@H]2[C@@H]3CC(=O)[C@H]2[C@@](C)(C3)C[C@@H]1O. The highest BCUT2D eigenvalue weighted by molar-refractivity contribution is 5.86. The first-order chi connectivity index (χ1) is 7.01. The highest BCUT2D eigenvalue weighted by Crippen LogP contribution is 2.63. The normalized spacial score (nSPS) is 58.3. The van der Waals surface area contributed by atoms with Gasteiger partial charge in [0.1, 0.15) is 5.78 Å². The van der Waals surface area contributed by atoms with Crippen molar-refractivity contribution >= 4 is 5.78 Å². The van der Waals surface area contributed by atoms with Gasteiger partial charge in [0.05, 0.1) is 6.10 Å². The summed E-state index contributed by atoms with van der Waals surface area (Å²) in [6.07, 6.45) is 3.73. The summed E-state index contributed by atoms with van der Waals surface area (Å²) < 4.78 is 0. The van der Waals surface area contributed by atoms with Gasteiger partial charge < -0.3 is 5.11 Å². The molecule has 0 amide bonds. The Morgan fingerprint density at radius 3 is 2.87 bits per heavy atom. The van der Waals surface area contributed by atoms with E-state index in [1.54, 1.807) is 0 Å². The zero-order chi connectivity index (χ0) is 10.8. The van der Waals surface area contributed by atoms with Crippen LogP contribution in [-0.2, 0) is 4.79 Å². The fourth-order valence-electron chi connectivity index (χ4n) is 4.71. The Morgan fingerprint density at radius 1 is 1.40 bits per heavy atom. The molecule has 84 valence electrons. The molecule has 0 saturated heterocycles. The minimum atomic E-state index is -0.186. The zero-order valence-electron chi connectivity index (χ0n) is 9.57. The Balaban J connectivity index is 1.99. The number of hydrogen-bond acceptors (Lipinski definition) is 2. The maximum atomic E-state index is 11.9. The van der Waals surface area contributed by atoms with Gasteiger partial charge in [0.15, 0.2) is 0 Å². The van der Waals surface area contributed by atoms with Crippen LogP contribution in [0.3, 0.4) is 0 Å². The van der Waals surface area contributed by atoms with E-state index in [2.05, 4.69) is 13.8 Å². The number of Topliss-reactive ketones (excluding diaryl/α,β-unsaturated/α-hetero) is 1. The number of rotatable bonds is 0. The average molecular weight is 208 g/mol. The summed E-state index contributed by atoms with van der Waals surface area (Å²) in [4.78, 5) is 11.9. The average Bonchev–Trinajstić information content (AvgIpc) is 2.50. The lowest BCUT2D eigenvalue weighted by Gasteiger charge is -2.35. The second-order valence-electron chi connectivity index (χ2n) is 6.41. The maximum absolute atomic E-state index is 11.9. The molecule has 6 atom stereocenters. The van der Waals surface area contributed by atoms with Gasteiger partial charge in [0, 0.05) is 12.3 Å². The summed E-state index contributed by atoms with van der Waals surface area (Å²) in [6.45, 7) is 4.36. The summed E-state index contributed by atoms with van der Waals surface area (Å²) in [5, 5.41) is 10.0. The van der Waals surface area contributed by atoms with Gasteiger partial charge in [-0.2, -0.15) is 0 Å². The molecule has 4 bridgehead atoms. The fourth-order valence-corrected chi connectivity index (χ4v) is 4.71. The molecule has 0 heterocycles. The van der Waals surface area contributed by atoms with Crippen LogP contribution in [0.15, 0.2) is 0 Å². The van der Waals surface area contributed by atoms with Gasteiger partial charge in [-0.25, -0.2) is 0 Å². The lowest BCUT2D eigenvalue weighted by molar-refractivity contribution is -0.126. The van der Waals surface area contributed by atoms with Crippen LogP contribution in [-0.4, -0.2) is 17.0 Å². The van der Waals surface area contributed by atoms with Crippen molar-refractivity contribution in [3.8, 4) is 0 Å². The van der Waals surface area contributed by atoms with Crippen LogP contribution in [0.4, 0.5) is 0 Å². The Labute approximate surface area is 91.1 Å². The molecule has 0 spiro atoms. The van der Waals surface area contributed by atoms with Crippen LogP contribution in [0.1, 0.15) is 39.5 Å².